The number of carboxylic acids is 4. The largest absolute Gasteiger partial charge is 0.481 e. The standard InChI is InChI=1S/2C10H16O5/c2*1-6-4-9(2,5-7(11)12)15-10(6,3)8(13)14/h2*6H,4-5H2,1-3H3,(H,11,12)(H,13,14)/t2*6-,9-,10+/m10/s1. The molecule has 2 rings (SSSR count). The van der Waals surface area contributed by atoms with Crippen molar-refractivity contribution in [1.82, 2.24) is 0 Å². The molecule has 2 aliphatic heterocycles. The Morgan fingerprint density at radius 3 is 1.13 bits per heavy atom. The SMILES string of the molecule is C[C@@H]1C[C@](C)(CC(=O)O)O[C@]1(C)C(=O)O.C[C@H]1C[C@@](C)(CC(=O)O)O[C@@]1(C)C(=O)O. The van der Waals surface area contributed by atoms with Crippen molar-refractivity contribution in [2.45, 2.75) is 89.6 Å². The predicted octanol–water partition coefficient (Wildman–Crippen LogP) is 2.24. The Kier molecular flexibility index (Phi) is 7.32. The zero-order valence-corrected chi connectivity index (χ0v) is 18.2. The van der Waals surface area contributed by atoms with Crippen LogP contribution < -0.4 is 0 Å². The van der Waals surface area contributed by atoms with Gasteiger partial charge < -0.3 is 29.9 Å². The van der Waals surface area contributed by atoms with Crippen LogP contribution in [0.2, 0.25) is 0 Å². The molecule has 6 atom stereocenters. The third kappa shape index (κ3) is 5.48. The van der Waals surface area contributed by atoms with E-state index in [1.54, 1.807) is 27.7 Å². The van der Waals surface area contributed by atoms with Gasteiger partial charge in [-0.25, -0.2) is 9.59 Å². The molecule has 172 valence electrons. The summed E-state index contributed by atoms with van der Waals surface area (Å²) in [6, 6.07) is 0. The number of carboxylic acid groups (broad SMARTS) is 4. The van der Waals surface area contributed by atoms with Crippen molar-refractivity contribution in [3.63, 3.8) is 0 Å². The number of carbonyl (C=O) groups is 4. The Balaban J connectivity index is 0.000000300. The Labute approximate surface area is 175 Å². The molecule has 2 aliphatic rings. The highest BCUT2D eigenvalue weighted by atomic mass is 16.6. The first kappa shape index (κ1) is 25.8. The summed E-state index contributed by atoms with van der Waals surface area (Å²) >= 11 is 0. The molecule has 0 amide bonds. The minimum Gasteiger partial charge on any atom is -0.481 e. The highest BCUT2D eigenvalue weighted by Crippen LogP contribution is 2.45. The van der Waals surface area contributed by atoms with Crippen LogP contribution in [0.3, 0.4) is 0 Å². The van der Waals surface area contributed by atoms with E-state index in [9.17, 15) is 19.2 Å². The summed E-state index contributed by atoms with van der Waals surface area (Å²) in [6.45, 7) is 9.81. The molecular weight excluding hydrogens is 400 g/mol. The molecule has 0 radical (unpaired) electrons. The third-order valence-corrected chi connectivity index (χ3v) is 6.17. The van der Waals surface area contributed by atoms with Crippen LogP contribution in [0.4, 0.5) is 0 Å². The van der Waals surface area contributed by atoms with Crippen LogP contribution in [-0.4, -0.2) is 66.7 Å². The maximum absolute atomic E-state index is 11.0. The number of aliphatic carboxylic acids is 4. The van der Waals surface area contributed by atoms with Crippen molar-refractivity contribution in [2.24, 2.45) is 11.8 Å². The lowest BCUT2D eigenvalue weighted by Crippen LogP contribution is -2.42. The van der Waals surface area contributed by atoms with E-state index in [0.717, 1.165) is 0 Å². The number of rotatable bonds is 6. The van der Waals surface area contributed by atoms with Crippen molar-refractivity contribution in [3.8, 4) is 0 Å². The molecule has 0 aromatic heterocycles. The normalized spacial score (nSPS) is 40.3. The lowest BCUT2D eigenvalue weighted by atomic mass is 9.86. The molecule has 0 aromatic carbocycles. The summed E-state index contributed by atoms with van der Waals surface area (Å²) in [5.74, 6) is -4.41. The summed E-state index contributed by atoms with van der Waals surface area (Å²) < 4.78 is 10.9. The van der Waals surface area contributed by atoms with E-state index in [2.05, 4.69) is 0 Å². The molecule has 2 saturated heterocycles. The van der Waals surface area contributed by atoms with Gasteiger partial charge in [0.1, 0.15) is 0 Å². The van der Waals surface area contributed by atoms with Gasteiger partial charge in [-0.3, -0.25) is 9.59 Å². The molecule has 0 aliphatic carbocycles. The Bertz CT molecular complexity index is 660. The van der Waals surface area contributed by atoms with Crippen LogP contribution in [0.25, 0.3) is 0 Å². The third-order valence-electron chi connectivity index (χ3n) is 6.17. The molecule has 0 saturated carbocycles. The topological polar surface area (TPSA) is 168 Å². The Hall–Kier alpha value is -2.20. The van der Waals surface area contributed by atoms with E-state index in [1.807, 2.05) is 0 Å². The lowest BCUT2D eigenvalue weighted by molar-refractivity contribution is -0.176. The van der Waals surface area contributed by atoms with Crippen molar-refractivity contribution in [2.75, 3.05) is 0 Å². The lowest BCUT2D eigenvalue weighted by Gasteiger charge is -2.27. The molecular formula is C20H32O10. The van der Waals surface area contributed by atoms with Gasteiger partial charge in [-0.15, -0.1) is 0 Å². The van der Waals surface area contributed by atoms with Gasteiger partial charge in [-0.05, 0) is 52.4 Å². The molecule has 2 fully saturated rings. The van der Waals surface area contributed by atoms with E-state index >= 15 is 0 Å². The summed E-state index contributed by atoms with van der Waals surface area (Å²) in [7, 11) is 0. The van der Waals surface area contributed by atoms with Gasteiger partial charge in [-0.1, -0.05) is 13.8 Å². The first-order valence-electron chi connectivity index (χ1n) is 9.70. The zero-order chi connectivity index (χ0) is 23.7. The highest BCUT2D eigenvalue weighted by Gasteiger charge is 2.55. The van der Waals surface area contributed by atoms with Crippen LogP contribution >= 0.6 is 0 Å². The molecule has 10 heteroatoms. The summed E-state index contributed by atoms with van der Waals surface area (Å²) in [6.07, 6.45) is 0.560. The number of hydrogen-bond donors (Lipinski definition) is 4. The maximum Gasteiger partial charge on any atom is 0.335 e. The van der Waals surface area contributed by atoms with E-state index in [-0.39, 0.29) is 24.7 Å². The monoisotopic (exact) mass is 432 g/mol. The van der Waals surface area contributed by atoms with E-state index in [0.29, 0.717) is 12.8 Å². The summed E-state index contributed by atoms with van der Waals surface area (Å²) in [5, 5.41) is 35.5. The quantitative estimate of drug-likeness (QED) is 0.488. The fourth-order valence-corrected chi connectivity index (χ4v) is 4.36. The van der Waals surface area contributed by atoms with Gasteiger partial charge in [-0.2, -0.15) is 0 Å². The van der Waals surface area contributed by atoms with Crippen molar-refractivity contribution >= 4 is 23.9 Å². The Morgan fingerprint density at radius 1 is 0.700 bits per heavy atom. The fraction of sp³-hybridized carbons (Fsp3) is 0.800. The summed E-state index contributed by atoms with van der Waals surface area (Å²) in [5.41, 5.74) is -4.30. The molecule has 30 heavy (non-hydrogen) atoms. The minimum atomic E-state index is -1.27. The van der Waals surface area contributed by atoms with Crippen LogP contribution in [0.15, 0.2) is 0 Å². The highest BCUT2D eigenvalue weighted by molar-refractivity contribution is 5.79. The van der Waals surface area contributed by atoms with Crippen LogP contribution in [0, 0.1) is 11.8 Å². The van der Waals surface area contributed by atoms with Gasteiger partial charge in [0.05, 0.1) is 24.0 Å². The van der Waals surface area contributed by atoms with Crippen LogP contribution in [0.1, 0.15) is 67.2 Å². The molecule has 10 nitrogen and oxygen atoms in total. The average molecular weight is 432 g/mol. The van der Waals surface area contributed by atoms with Gasteiger partial charge in [0.2, 0.25) is 0 Å². The first-order valence-corrected chi connectivity index (χ1v) is 9.70. The van der Waals surface area contributed by atoms with Crippen molar-refractivity contribution < 1.29 is 49.1 Å². The fourth-order valence-electron chi connectivity index (χ4n) is 4.36. The predicted molar refractivity (Wildman–Crippen MR) is 103 cm³/mol. The van der Waals surface area contributed by atoms with E-state index < -0.39 is 46.3 Å². The Morgan fingerprint density at radius 2 is 0.967 bits per heavy atom. The maximum atomic E-state index is 11.0. The van der Waals surface area contributed by atoms with Crippen molar-refractivity contribution in [3.05, 3.63) is 0 Å². The van der Waals surface area contributed by atoms with Gasteiger partial charge in [0.25, 0.3) is 0 Å². The smallest absolute Gasteiger partial charge is 0.335 e. The molecule has 0 aromatic rings. The van der Waals surface area contributed by atoms with E-state index in [1.165, 1.54) is 13.8 Å². The molecule has 4 N–H and O–H groups in total. The van der Waals surface area contributed by atoms with Crippen LogP contribution in [-0.2, 0) is 28.7 Å². The second kappa shape index (κ2) is 8.50. The zero-order valence-electron chi connectivity index (χ0n) is 18.2. The van der Waals surface area contributed by atoms with Gasteiger partial charge in [0.15, 0.2) is 11.2 Å². The van der Waals surface area contributed by atoms with Crippen molar-refractivity contribution in [1.29, 1.82) is 0 Å². The van der Waals surface area contributed by atoms with E-state index in [4.69, 9.17) is 29.9 Å². The van der Waals surface area contributed by atoms with Crippen LogP contribution in [0.5, 0.6) is 0 Å². The average Bonchev–Trinajstić information content (AvgIpc) is 2.88. The summed E-state index contributed by atoms with van der Waals surface area (Å²) in [4.78, 5) is 43.3. The van der Waals surface area contributed by atoms with Gasteiger partial charge in [0, 0.05) is 0 Å². The molecule has 0 bridgehead atoms. The molecule has 0 unspecified atom stereocenters. The first-order chi connectivity index (χ1) is 13.4. The second-order valence-electron chi connectivity index (χ2n) is 9.28. The molecule has 0 spiro atoms. The van der Waals surface area contributed by atoms with Gasteiger partial charge >= 0.3 is 23.9 Å². The minimum absolute atomic E-state index is 0.166. The number of ether oxygens (including phenoxy) is 2. The second-order valence-corrected chi connectivity index (χ2v) is 9.28. The molecule has 2 heterocycles. The number of hydrogen-bond acceptors (Lipinski definition) is 6.